The third kappa shape index (κ3) is 3.55. The number of aryl methyl sites for hydroxylation is 1. The highest BCUT2D eigenvalue weighted by atomic mass is 16.4. The van der Waals surface area contributed by atoms with E-state index in [9.17, 15) is 4.79 Å². The van der Waals surface area contributed by atoms with Crippen LogP contribution < -0.4 is 0 Å². The quantitative estimate of drug-likeness (QED) is 0.509. The van der Waals surface area contributed by atoms with E-state index < -0.39 is 0 Å². The number of hydrogen-bond donors (Lipinski definition) is 0. The van der Waals surface area contributed by atoms with Gasteiger partial charge in [-0.1, -0.05) is 36.4 Å². The van der Waals surface area contributed by atoms with Crippen molar-refractivity contribution in [1.29, 1.82) is 0 Å². The SMILES string of the molecule is Cc1oc(-c2ccco2)nc1/C=C/c1ccc(/C=C/C=O)cc1. The zero-order chi connectivity index (χ0) is 16.1. The van der Waals surface area contributed by atoms with Gasteiger partial charge in [-0.3, -0.25) is 4.79 Å². The molecule has 2 aromatic heterocycles. The maximum absolute atomic E-state index is 10.3. The van der Waals surface area contributed by atoms with Crippen LogP contribution in [-0.2, 0) is 4.79 Å². The summed E-state index contributed by atoms with van der Waals surface area (Å²) in [6.45, 7) is 1.87. The number of nitrogens with zero attached hydrogens (tertiary/aromatic N) is 1. The minimum atomic E-state index is 0.474. The summed E-state index contributed by atoms with van der Waals surface area (Å²) in [5, 5.41) is 0. The number of benzene rings is 1. The number of rotatable bonds is 5. The standard InChI is InChI=1S/C19H15NO3/c1-14-17(20-19(23-14)18-5-3-13-22-18)11-10-16-8-6-15(7-9-16)4-2-12-21/h2-13H,1H3/b4-2+,11-10+. The van der Waals surface area contributed by atoms with Gasteiger partial charge in [0.05, 0.1) is 6.26 Å². The first-order chi connectivity index (χ1) is 11.3. The van der Waals surface area contributed by atoms with Gasteiger partial charge in [0.2, 0.25) is 0 Å². The highest BCUT2D eigenvalue weighted by Crippen LogP contribution is 2.23. The first-order valence-electron chi connectivity index (χ1n) is 7.17. The monoisotopic (exact) mass is 305 g/mol. The van der Waals surface area contributed by atoms with E-state index in [1.165, 1.54) is 6.08 Å². The number of hydrogen-bond acceptors (Lipinski definition) is 4. The van der Waals surface area contributed by atoms with Gasteiger partial charge in [0.25, 0.3) is 5.89 Å². The molecule has 114 valence electrons. The number of carbonyl (C=O) groups excluding carboxylic acids is 1. The molecule has 0 saturated heterocycles. The highest BCUT2D eigenvalue weighted by molar-refractivity contribution is 5.74. The summed E-state index contributed by atoms with van der Waals surface area (Å²) < 4.78 is 10.9. The molecule has 0 atom stereocenters. The number of carbonyl (C=O) groups is 1. The van der Waals surface area contributed by atoms with E-state index >= 15 is 0 Å². The van der Waals surface area contributed by atoms with Gasteiger partial charge in [0, 0.05) is 0 Å². The molecule has 0 amide bonds. The average Bonchev–Trinajstić information content (AvgIpc) is 3.21. The van der Waals surface area contributed by atoms with E-state index in [2.05, 4.69) is 4.98 Å². The summed E-state index contributed by atoms with van der Waals surface area (Å²) in [5.74, 6) is 1.82. The lowest BCUT2D eigenvalue weighted by Crippen LogP contribution is -1.78. The van der Waals surface area contributed by atoms with Gasteiger partial charge in [-0.15, -0.1) is 0 Å². The molecule has 2 heterocycles. The summed E-state index contributed by atoms with van der Waals surface area (Å²) in [4.78, 5) is 14.7. The molecule has 0 radical (unpaired) electrons. The number of oxazole rings is 1. The van der Waals surface area contributed by atoms with Crippen LogP contribution in [0, 0.1) is 6.92 Å². The van der Waals surface area contributed by atoms with Gasteiger partial charge in [0.15, 0.2) is 5.76 Å². The van der Waals surface area contributed by atoms with Crippen LogP contribution in [0.15, 0.2) is 57.6 Å². The van der Waals surface area contributed by atoms with E-state index in [0.717, 1.165) is 28.9 Å². The van der Waals surface area contributed by atoms with E-state index in [1.807, 2.05) is 49.4 Å². The lowest BCUT2D eigenvalue weighted by Gasteiger charge is -1.95. The van der Waals surface area contributed by atoms with Gasteiger partial charge in [-0.2, -0.15) is 0 Å². The molecule has 4 heteroatoms. The summed E-state index contributed by atoms with van der Waals surface area (Å²) in [5.41, 5.74) is 2.78. The Morgan fingerprint density at radius 3 is 2.39 bits per heavy atom. The molecule has 0 spiro atoms. The molecule has 3 aromatic rings. The van der Waals surface area contributed by atoms with Crippen molar-refractivity contribution in [2.75, 3.05) is 0 Å². The molecule has 0 unspecified atom stereocenters. The van der Waals surface area contributed by atoms with Crippen molar-refractivity contribution < 1.29 is 13.6 Å². The molecule has 0 aliphatic heterocycles. The molecule has 0 aliphatic carbocycles. The Kier molecular flexibility index (Phi) is 4.34. The van der Waals surface area contributed by atoms with Gasteiger partial charge in [-0.05, 0) is 42.3 Å². The fourth-order valence-electron chi connectivity index (χ4n) is 2.11. The number of allylic oxidation sites excluding steroid dienone is 1. The number of furan rings is 1. The topological polar surface area (TPSA) is 56.2 Å². The fourth-order valence-corrected chi connectivity index (χ4v) is 2.11. The molecular weight excluding hydrogens is 290 g/mol. The number of aldehydes is 1. The van der Waals surface area contributed by atoms with Crippen LogP contribution in [0.4, 0.5) is 0 Å². The lowest BCUT2D eigenvalue weighted by molar-refractivity contribution is -0.104. The summed E-state index contributed by atoms with van der Waals surface area (Å²) >= 11 is 0. The average molecular weight is 305 g/mol. The van der Waals surface area contributed by atoms with Gasteiger partial charge >= 0.3 is 0 Å². The fraction of sp³-hybridized carbons (Fsp3) is 0.0526. The predicted octanol–water partition coefficient (Wildman–Crippen LogP) is 4.63. The zero-order valence-electron chi connectivity index (χ0n) is 12.6. The molecule has 0 saturated carbocycles. The Morgan fingerprint density at radius 1 is 1.00 bits per heavy atom. The first-order valence-corrected chi connectivity index (χ1v) is 7.17. The minimum Gasteiger partial charge on any atom is -0.459 e. The van der Waals surface area contributed by atoms with Crippen molar-refractivity contribution in [1.82, 2.24) is 4.98 Å². The van der Waals surface area contributed by atoms with Crippen LogP contribution in [-0.4, -0.2) is 11.3 Å². The third-order valence-corrected chi connectivity index (χ3v) is 3.30. The van der Waals surface area contributed by atoms with E-state index in [1.54, 1.807) is 18.4 Å². The van der Waals surface area contributed by atoms with Gasteiger partial charge in [0.1, 0.15) is 17.7 Å². The van der Waals surface area contributed by atoms with E-state index in [0.29, 0.717) is 11.7 Å². The van der Waals surface area contributed by atoms with Gasteiger partial charge in [-0.25, -0.2) is 4.98 Å². The van der Waals surface area contributed by atoms with Crippen LogP contribution in [0.2, 0.25) is 0 Å². The summed E-state index contributed by atoms with van der Waals surface area (Å²) in [7, 11) is 0. The van der Waals surface area contributed by atoms with Crippen molar-refractivity contribution in [3.8, 4) is 11.7 Å². The molecule has 0 fully saturated rings. The number of aromatic nitrogens is 1. The smallest absolute Gasteiger partial charge is 0.263 e. The zero-order valence-corrected chi connectivity index (χ0v) is 12.6. The lowest BCUT2D eigenvalue weighted by atomic mass is 10.1. The summed E-state index contributed by atoms with van der Waals surface area (Å²) in [6, 6.07) is 11.5. The van der Waals surface area contributed by atoms with Crippen molar-refractivity contribution in [2.45, 2.75) is 6.92 Å². The second-order valence-corrected chi connectivity index (χ2v) is 4.93. The Hall–Kier alpha value is -3.14. The third-order valence-electron chi connectivity index (χ3n) is 3.30. The second-order valence-electron chi connectivity index (χ2n) is 4.93. The maximum atomic E-state index is 10.3. The molecule has 23 heavy (non-hydrogen) atoms. The summed E-state index contributed by atoms with van der Waals surface area (Å²) in [6.07, 6.45) is 9.45. The van der Waals surface area contributed by atoms with Crippen LogP contribution in [0.25, 0.3) is 29.9 Å². The van der Waals surface area contributed by atoms with Gasteiger partial charge < -0.3 is 8.83 Å². The van der Waals surface area contributed by atoms with Crippen molar-refractivity contribution in [2.24, 2.45) is 0 Å². The van der Waals surface area contributed by atoms with Crippen molar-refractivity contribution in [3.63, 3.8) is 0 Å². The van der Waals surface area contributed by atoms with Crippen LogP contribution >= 0.6 is 0 Å². The maximum Gasteiger partial charge on any atom is 0.263 e. The van der Waals surface area contributed by atoms with Crippen molar-refractivity contribution in [3.05, 3.63) is 71.3 Å². The molecule has 3 rings (SSSR count). The Balaban J connectivity index is 1.77. The van der Waals surface area contributed by atoms with Crippen LogP contribution in [0.1, 0.15) is 22.6 Å². The van der Waals surface area contributed by atoms with E-state index in [-0.39, 0.29) is 0 Å². The normalized spacial score (nSPS) is 11.5. The van der Waals surface area contributed by atoms with E-state index in [4.69, 9.17) is 8.83 Å². The second kappa shape index (κ2) is 6.75. The Morgan fingerprint density at radius 2 is 1.74 bits per heavy atom. The Bertz CT molecular complexity index is 837. The molecule has 4 nitrogen and oxygen atoms in total. The molecular formula is C19H15NO3. The van der Waals surface area contributed by atoms with Crippen molar-refractivity contribution >= 4 is 24.5 Å². The highest BCUT2D eigenvalue weighted by Gasteiger charge is 2.11. The molecule has 0 bridgehead atoms. The first kappa shape index (κ1) is 14.8. The molecule has 0 aliphatic rings. The van der Waals surface area contributed by atoms with Crippen LogP contribution in [0.5, 0.6) is 0 Å². The minimum absolute atomic E-state index is 0.474. The molecule has 0 N–H and O–H groups in total. The molecule has 1 aromatic carbocycles. The van der Waals surface area contributed by atoms with Crippen LogP contribution in [0.3, 0.4) is 0 Å². The Labute approximate surface area is 133 Å². The predicted molar refractivity (Wildman–Crippen MR) is 89.4 cm³/mol. The largest absolute Gasteiger partial charge is 0.459 e.